The maximum absolute atomic E-state index is 11.5. The Labute approximate surface area is 109 Å². The van der Waals surface area contributed by atoms with E-state index < -0.39 is 10.7 Å². The van der Waals surface area contributed by atoms with E-state index in [1.165, 1.54) is 6.07 Å². The summed E-state index contributed by atoms with van der Waals surface area (Å²) in [7, 11) is 0. The molecule has 0 aliphatic heterocycles. The van der Waals surface area contributed by atoms with Gasteiger partial charge in [-0.1, -0.05) is 0 Å². The van der Waals surface area contributed by atoms with Crippen LogP contribution in [-0.2, 0) is 0 Å². The van der Waals surface area contributed by atoms with E-state index in [1.54, 1.807) is 22.6 Å². The normalized spacial score (nSPS) is 9.56. The Kier molecular flexibility index (Phi) is 4.20. The molecule has 0 aliphatic carbocycles. The molecule has 82 valence electrons. The van der Waals surface area contributed by atoms with Crippen molar-refractivity contribution in [3.05, 3.63) is 36.9 Å². The molecule has 0 radical (unpaired) electrons. The lowest BCUT2D eigenvalue weighted by Gasteiger charge is -2.04. The van der Waals surface area contributed by atoms with Gasteiger partial charge in [-0.15, -0.1) is 11.6 Å². The second kappa shape index (κ2) is 5.23. The highest BCUT2D eigenvalue weighted by atomic mass is 127. The van der Waals surface area contributed by atoms with Crippen LogP contribution in [0.1, 0.15) is 15.9 Å². The van der Waals surface area contributed by atoms with E-state index in [0.29, 0.717) is 0 Å². The van der Waals surface area contributed by atoms with Gasteiger partial charge in [0, 0.05) is 9.64 Å². The predicted octanol–water partition coefficient (Wildman–Crippen LogP) is 2.49. The van der Waals surface area contributed by atoms with Crippen LogP contribution in [-0.4, -0.2) is 16.6 Å². The standard InChI is InChI=1S/C9H4ClIN2O3/c10-3-7(14)8-6(13(15)16)2-1-5(4-12)9(8)11/h1-2H,3H2. The number of ketones is 1. The molecule has 5 nitrogen and oxygen atoms in total. The lowest BCUT2D eigenvalue weighted by atomic mass is 10.1. The van der Waals surface area contributed by atoms with Gasteiger partial charge < -0.3 is 0 Å². The van der Waals surface area contributed by atoms with E-state index in [0.717, 1.165) is 6.07 Å². The lowest BCUT2D eigenvalue weighted by molar-refractivity contribution is -0.385. The smallest absolute Gasteiger partial charge is 0.281 e. The molecule has 0 aliphatic rings. The van der Waals surface area contributed by atoms with Crippen molar-refractivity contribution >= 4 is 45.7 Å². The fourth-order valence-corrected chi connectivity index (χ4v) is 2.15. The third-order valence-corrected chi connectivity index (χ3v) is 3.20. The first-order chi connectivity index (χ1) is 7.52. The summed E-state index contributed by atoms with van der Waals surface area (Å²) in [4.78, 5) is 21.5. The molecular formula is C9H4ClIN2O3. The Balaban J connectivity index is 3.56. The molecule has 0 amide bonds. The average Bonchev–Trinajstić information content (AvgIpc) is 2.27. The summed E-state index contributed by atoms with van der Waals surface area (Å²) in [6.07, 6.45) is 0. The first-order valence-electron chi connectivity index (χ1n) is 3.99. The maximum atomic E-state index is 11.5. The van der Waals surface area contributed by atoms with Gasteiger partial charge >= 0.3 is 0 Å². The number of carbonyl (C=O) groups is 1. The molecule has 0 spiro atoms. The van der Waals surface area contributed by atoms with Crippen LogP contribution in [0.2, 0.25) is 0 Å². The zero-order chi connectivity index (χ0) is 12.3. The fourth-order valence-electron chi connectivity index (χ4n) is 1.14. The minimum Gasteiger partial charge on any atom is -0.293 e. The first-order valence-corrected chi connectivity index (χ1v) is 5.60. The second-order valence-electron chi connectivity index (χ2n) is 2.75. The molecule has 7 heteroatoms. The van der Waals surface area contributed by atoms with E-state index in [4.69, 9.17) is 16.9 Å². The molecule has 1 aromatic carbocycles. The van der Waals surface area contributed by atoms with Crippen LogP contribution in [0.25, 0.3) is 0 Å². The summed E-state index contributed by atoms with van der Waals surface area (Å²) >= 11 is 7.10. The summed E-state index contributed by atoms with van der Waals surface area (Å²) in [5.74, 6) is -0.916. The van der Waals surface area contributed by atoms with Gasteiger partial charge in [-0.05, 0) is 28.7 Å². The molecule has 0 heterocycles. The molecule has 0 atom stereocenters. The summed E-state index contributed by atoms with van der Waals surface area (Å²) in [6, 6.07) is 4.31. The van der Waals surface area contributed by atoms with Crippen LogP contribution in [0.5, 0.6) is 0 Å². The van der Waals surface area contributed by atoms with Crippen LogP contribution < -0.4 is 0 Å². The van der Waals surface area contributed by atoms with Gasteiger partial charge in [0.2, 0.25) is 0 Å². The van der Waals surface area contributed by atoms with Gasteiger partial charge in [0.05, 0.1) is 16.4 Å². The van der Waals surface area contributed by atoms with Crippen molar-refractivity contribution in [3.8, 4) is 6.07 Å². The predicted molar refractivity (Wildman–Crippen MR) is 65.6 cm³/mol. The fraction of sp³-hybridized carbons (Fsp3) is 0.111. The number of nitrogens with zero attached hydrogens (tertiary/aromatic N) is 2. The number of carbonyl (C=O) groups excluding carboxylic acids is 1. The number of benzene rings is 1. The molecule has 0 bridgehead atoms. The van der Waals surface area contributed by atoms with Crippen LogP contribution >= 0.6 is 34.2 Å². The highest BCUT2D eigenvalue weighted by Crippen LogP contribution is 2.27. The van der Waals surface area contributed by atoms with Crippen LogP contribution in [0.4, 0.5) is 5.69 Å². The number of rotatable bonds is 3. The van der Waals surface area contributed by atoms with Gasteiger partial charge in [0.15, 0.2) is 5.78 Å². The lowest BCUT2D eigenvalue weighted by Crippen LogP contribution is -2.08. The summed E-state index contributed by atoms with van der Waals surface area (Å²) in [5, 5.41) is 19.5. The van der Waals surface area contributed by atoms with Gasteiger partial charge in [-0.3, -0.25) is 14.9 Å². The van der Waals surface area contributed by atoms with Gasteiger partial charge in [0.25, 0.3) is 5.69 Å². The zero-order valence-corrected chi connectivity index (χ0v) is 10.7. The zero-order valence-electron chi connectivity index (χ0n) is 7.74. The Bertz CT molecular complexity index is 510. The Morgan fingerprint density at radius 3 is 2.69 bits per heavy atom. The Morgan fingerprint density at radius 2 is 2.25 bits per heavy atom. The number of nitro benzene ring substituents is 1. The number of hydrogen-bond donors (Lipinski definition) is 0. The summed E-state index contributed by atoms with van der Waals surface area (Å²) in [5.41, 5.74) is -0.201. The number of hydrogen-bond acceptors (Lipinski definition) is 4. The Morgan fingerprint density at radius 1 is 1.62 bits per heavy atom. The van der Waals surface area contributed by atoms with Gasteiger partial charge in [0.1, 0.15) is 11.6 Å². The van der Waals surface area contributed by atoms with Crippen molar-refractivity contribution in [3.63, 3.8) is 0 Å². The molecule has 1 aromatic rings. The molecule has 1 rings (SSSR count). The maximum Gasteiger partial charge on any atom is 0.281 e. The second-order valence-corrected chi connectivity index (χ2v) is 4.09. The molecule has 0 N–H and O–H groups in total. The number of halogens is 2. The average molecular weight is 350 g/mol. The molecule has 0 unspecified atom stereocenters. The van der Waals surface area contributed by atoms with E-state index in [1.807, 2.05) is 6.07 Å². The van der Waals surface area contributed by atoms with E-state index >= 15 is 0 Å². The van der Waals surface area contributed by atoms with Crippen molar-refractivity contribution in [1.82, 2.24) is 0 Å². The first kappa shape index (κ1) is 12.9. The third-order valence-electron chi connectivity index (χ3n) is 1.84. The van der Waals surface area contributed by atoms with Crippen LogP contribution in [0, 0.1) is 25.0 Å². The molecular weight excluding hydrogens is 346 g/mol. The van der Waals surface area contributed by atoms with Crippen molar-refractivity contribution < 1.29 is 9.72 Å². The van der Waals surface area contributed by atoms with Crippen molar-refractivity contribution in [2.45, 2.75) is 0 Å². The minimum atomic E-state index is -0.664. The number of nitriles is 1. The molecule has 16 heavy (non-hydrogen) atoms. The van der Waals surface area contributed by atoms with Gasteiger partial charge in [-0.25, -0.2) is 0 Å². The number of alkyl halides is 1. The van der Waals surface area contributed by atoms with E-state index in [2.05, 4.69) is 0 Å². The van der Waals surface area contributed by atoms with Crippen molar-refractivity contribution in [2.24, 2.45) is 0 Å². The topological polar surface area (TPSA) is 84.0 Å². The largest absolute Gasteiger partial charge is 0.293 e. The SMILES string of the molecule is N#Cc1ccc([N+](=O)[O-])c(C(=O)CCl)c1I. The molecule has 0 saturated heterocycles. The molecule has 0 fully saturated rings. The van der Waals surface area contributed by atoms with E-state index in [9.17, 15) is 14.9 Å². The summed E-state index contributed by atoms with van der Waals surface area (Å²) < 4.78 is 0.264. The number of Topliss-reactive ketones (excluding diaryl/α,β-unsaturated/α-hetero) is 1. The molecule has 0 saturated carbocycles. The summed E-state index contributed by atoms with van der Waals surface area (Å²) in [6.45, 7) is 0. The third kappa shape index (κ3) is 2.31. The number of nitro groups is 1. The van der Waals surface area contributed by atoms with E-state index in [-0.39, 0.29) is 26.3 Å². The Hall–Kier alpha value is -1.20. The van der Waals surface area contributed by atoms with Gasteiger partial charge in [-0.2, -0.15) is 5.26 Å². The van der Waals surface area contributed by atoms with Crippen LogP contribution in [0.3, 0.4) is 0 Å². The monoisotopic (exact) mass is 350 g/mol. The van der Waals surface area contributed by atoms with Crippen LogP contribution in [0.15, 0.2) is 12.1 Å². The van der Waals surface area contributed by atoms with Crippen molar-refractivity contribution in [1.29, 1.82) is 5.26 Å². The molecule has 0 aromatic heterocycles. The highest BCUT2D eigenvalue weighted by Gasteiger charge is 2.24. The van der Waals surface area contributed by atoms with Crippen molar-refractivity contribution in [2.75, 3.05) is 5.88 Å². The highest BCUT2D eigenvalue weighted by molar-refractivity contribution is 14.1. The quantitative estimate of drug-likeness (QED) is 0.276. The minimum absolute atomic E-state index is 0.0975.